The largest absolute Gasteiger partial charge is 0.453 e. The number of aliphatic hydroxyl groups excluding tert-OH is 1. The van der Waals surface area contributed by atoms with E-state index >= 15 is 0 Å². The number of hydrogen-bond donors (Lipinski definition) is 1. The Morgan fingerprint density at radius 3 is 2.88 bits per heavy atom. The van der Waals surface area contributed by atoms with Crippen LogP contribution in [0.4, 0.5) is 0 Å². The summed E-state index contributed by atoms with van der Waals surface area (Å²) >= 11 is 0. The number of carbonyl (C=O) groups is 1. The number of rotatable bonds is 6. The Morgan fingerprint density at radius 2 is 2.29 bits per heavy atom. The minimum absolute atomic E-state index is 0.187. The van der Waals surface area contributed by atoms with Crippen LogP contribution in [0.3, 0.4) is 0 Å². The number of methoxy groups -OCH3 is 1. The maximum atomic E-state index is 11.9. The Labute approximate surface area is 101 Å². The van der Waals surface area contributed by atoms with Gasteiger partial charge in [0.1, 0.15) is 12.4 Å². The molecule has 96 valence electrons. The lowest BCUT2D eigenvalue weighted by Gasteiger charge is -2.16. The summed E-state index contributed by atoms with van der Waals surface area (Å²) in [5, 5.41) is 9.15. The molecule has 5 nitrogen and oxygen atoms in total. The summed E-state index contributed by atoms with van der Waals surface area (Å²) in [6, 6.07) is 3.36. The van der Waals surface area contributed by atoms with E-state index in [9.17, 15) is 4.79 Å². The standard InChI is InChI=1S/C12H19NO4/c1-9(14)6-7-13(2)12(15)11-5-4-10(17-11)8-16-3/h4-5,9,14H,6-8H2,1-3H3. The second-order valence-corrected chi connectivity index (χ2v) is 4.06. The SMILES string of the molecule is COCc1ccc(C(=O)N(C)CCC(C)O)o1. The number of aliphatic hydroxyl groups is 1. The van der Waals surface area contributed by atoms with Crippen molar-refractivity contribution >= 4 is 5.91 Å². The fourth-order valence-corrected chi connectivity index (χ4v) is 1.38. The zero-order valence-electron chi connectivity index (χ0n) is 10.5. The number of furan rings is 1. The number of ether oxygens (including phenoxy) is 1. The molecule has 5 heteroatoms. The molecule has 0 fully saturated rings. The third kappa shape index (κ3) is 4.20. The number of amides is 1. The highest BCUT2D eigenvalue weighted by Gasteiger charge is 2.16. The van der Waals surface area contributed by atoms with Crippen LogP contribution in [0.5, 0.6) is 0 Å². The van der Waals surface area contributed by atoms with Crippen LogP contribution < -0.4 is 0 Å². The molecule has 17 heavy (non-hydrogen) atoms. The van der Waals surface area contributed by atoms with Gasteiger partial charge in [-0.1, -0.05) is 0 Å². The first-order chi connectivity index (χ1) is 8.04. The van der Waals surface area contributed by atoms with Crippen molar-refractivity contribution in [3.05, 3.63) is 23.7 Å². The van der Waals surface area contributed by atoms with Crippen LogP contribution in [0.25, 0.3) is 0 Å². The molecular weight excluding hydrogens is 222 g/mol. The van der Waals surface area contributed by atoms with Crippen molar-refractivity contribution in [2.75, 3.05) is 20.7 Å². The van der Waals surface area contributed by atoms with E-state index in [1.165, 1.54) is 4.90 Å². The highest BCUT2D eigenvalue weighted by Crippen LogP contribution is 2.11. The topological polar surface area (TPSA) is 62.9 Å². The fraction of sp³-hybridized carbons (Fsp3) is 0.583. The Hall–Kier alpha value is -1.33. The van der Waals surface area contributed by atoms with Crippen LogP contribution >= 0.6 is 0 Å². The molecular formula is C12H19NO4. The molecule has 1 unspecified atom stereocenters. The number of hydrogen-bond acceptors (Lipinski definition) is 4. The summed E-state index contributed by atoms with van der Waals surface area (Å²) in [4.78, 5) is 13.4. The van der Waals surface area contributed by atoms with E-state index in [0.717, 1.165) is 0 Å². The van der Waals surface area contributed by atoms with Gasteiger partial charge in [-0.15, -0.1) is 0 Å². The predicted molar refractivity (Wildman–Crippen MR) is 62.7 cm³/mol. The molecule has 0 radical (unpaired) electrons. The summed E-state index contributed by atoms with van der Waals surface area (Å²) < 4.78 is 10.2. The molecule has 1 N–H and O–H groups in total. The Balaban J connectivity index is 2.55. The summed E-state index contributed by atoms with van der Waals surface area (Å²) in [6.07, 6.45) is 0.138. The zero-order chi connectivity index (χ0) is 12.8. The number of nitrogens with zero attached hydrogens (tertiary/aromatic N) is 1. The monoisotopic (exact) mass is 241 g/mol. The minimum Gasteiger partial charge on any atom is -0.453 e. The second kappa shape index (κ2) is 6.42. The van der Waals surface area contributed by atoms with Crippen molar-refractivity contribution < 1.29 is 19.1 Å². The van der Waals surface area contributed by atoms with Gasteiger partial charge in [0, 0.05) is 20.7 Å². The average molecular weight is 241 g/mol. The fourth-order valence-electron chi connectivity index (χ4n) is 1.38. The molecule has 1 heterocycles. The maximum absolute atomic E-state index is 11.9. The van der Waals surface area contributed by atoms with E-state index in [2.05, 4.69) is 0 Å². The summed E-state index contributed by atoms with van der Waals surface area (Å²) in [6.45, 7) is 2.55. The molecule has 0 aliphatic carbocycles. The smallest absolute Gasteiger partial charge is 0.289 e. The van der Waals surface area contributed by atoms with Gasteiger partial charge in [-0.3, -0.25) is 4.79 Å². The molecule has 0 saturated carbocycles. The first-order valence-electron chi connectivity index (χ1n) is 5.55. The van der Waals surface area contributed by atoms with Gasteiger partial charge in [0.25, 0.3) is 5.91 Å². The van der Waals surface area contributed by atoms with Crippen molar-refractivity contribution in [1.29, 1.82) is 0 Å². The van der Waals surface area contributed by atoms with E-state index in [1.807, 2.05) is 0 Å². The molecule has 0 aliphatic heterocycles. The summed E-state index contributed by atoms with van der Waals surface area (Å²) in [7, 11) is 3.25. The van der Waals surface area contributed by atoms with Crippen LogP contribution in [-0.2, 0) is 11.3 Å². The third-order valence-electron chi connectivity index (χ3n) is 2.39. The van der Waals surface area contributed by atoms with Crippen molar-refractivity contribution in [1.82, 2.24) is 4.90 Å². The zero-order valence-corrected chi connectivity index (χ0v) is 10.5. The molecule has 0 spiro atoms. The average Bonchev–Trinajstić information content (AvgIpc) is 2.74. The first kappa shape index (κ1) is 13.7. The van der Waals surface area contributed by atoms with Crippen molar-refractivity contribution in [3.63, 3.8) is 0 Å². The van der Waals surface area contributed by atoms with E-state index in [1.54, 1.807) is 33.2 Å². The lowest BCUT2D eigenvalue weighted by Crippen LogP contribution is -2.29. The normalized spacial score (nSPS) is 12.5. The molecule has 0 aliphatic rings. The van der Waals surface area contributed by atoms with Crippen LogP contribution in [0.2, 0.25) is 0 Å². The van der Waals surface area contributed by atoms with E-state index < -0.39 is 6.10 Å². The third-order valence-corrected chi connectivity index (χ3v) is 2.39. The van der Waals surface area contributed by atoms with Crippen LogP contribution in [0, 0.1) is 0 Å². The lowest BCUT2D eigenvalue weighted by molar-refractivity contribution is 0.0730. The van der Waals surface area contributed by atoms with E-state index in [4.69, 9.17) is 14.3 Å². The van der Waals surface area contributed by atoms with Gasteiger partial charge in [-0.25, -0.2) is 0 Å². The first-order valence-corrected chi connectivity index (χ1v) is 5.55. The Kier molecular flexibility index (Phi) is 5.18. The van der Waals surface area contributed by atoms with Gasteiger partial charge in [0.2, 0.25) is 0 Å². The van der Waals surface area contributed by atoms with Crippen molar-refractivity contribution in [2.24, 2.45) is 0 Å². The second-order valence-electron chi connectivity index (χ2n) is 4.06. The Bertz CT molecular complexity index is 359. The predicted octanol–water partition coefficient (Wildman–Crippen LogP) is 1.27. The molecule has 1 amide bonds. The van der Waals surface area contributed by atoms with E-state index in [0.29, 0.717) is 31.1 Å². The summed E-state index contributed by atoms with van der Waals surface area (Å²) in [5.74, 6) is 0.734. The van der Waals surface area contributed by atoms with Gasteiger partial charge < -0.3 is 19.2 Å². The molecule has 0 saturated heterocycles. The molecule has 0 aromatic carbocycles. The molecule has 1 atom stereocenters. The maximum Gasteiger partial charge on any atom is 0.289 e. The van der Waals surface area contributed by atoms with Gasteiger partial charge in [-0.2, -0.15) is 0 Å². The van der Waals surface area contributed by atoms with Crippen LogP contribution in [0.1, 0.15) is 29.7 Å². The van der Waals surface area contributed by atoms with Crippen molar-refractivity contribution in [3.8, 4) is 0 Å². The molecule has 1 rings (SSSR count). The highest BCUT2D eigenvalue weighted by atomic mass is 16.5. The van der Waals surface area contributed by atoms with Crippen molar-refractivity contribution in [2.45, 2.75) is 26.1 Å². The minimum atomic E-state index is -0.411. The molecule has 1 aromatic heterocycles. The highest BCUT2D eigenvalue weighted by molar-refractivity contribution is 5.91. The van der Waals surface area contributed by atoms with Gasteiger partial charge >= 0.3 is 0 Å². The number of carbonyl (C=O) groups excluding carboxylic acids is 1. The lowest BCUT2D eigenvalue weighted by atomic mass is 10.2. The van der Waals surface area contributed by atoms with E-state index in [-0.39, 0.29) is 5.91 Å². The Morgan fingerprint density at radius 1 is 1.59 bits per heavy atom. The van der Waals surface area contributed by atoms with Gasteiger partial charge in [0.15, 0.2) is 5.76 Å². The summed E-state index contributed by atoms with van der Waals surface area (Å²) in [5.41, 5.74) is 0. The quantitative estimate of drug-likeness (QED) is 0.814. The van der Waals surface area contributed by atoms with Gasteiger partial charge in [0.05, 0.1) is 6.10 Å². The van der Waals surface area contributed by atoms with Crippen LogP contribution in [0.15, 0.2) is 16.5 Å². The van der Waals surface area contributed by atoms with Crippen LogP contribution in [-0.4, -0.2) is 42.7 Å². The molecule has 0 bridgehead atoms. The van der Waals surface area contributed by atoms with Gasteiger partial charge in [-0.05, 0) is 25.5 Å². The molecule has 1 aromatic rings.